The highest BCUT2D eigenvalue weighted by molar-refractivity contribution is 9.10. The highest BCUT2D eigenvalue weighted by Gasteiger charge is 2.22. The lowest BCUT2D eigenvalue weighted by Gasteiger charge is -2.07. The minimum absolute atomic E-state index is 0.0705. The number of halogens is 2. The highest BCUT2D eigenvalue weighted by atomic mass is 79.9. The number of hydrogen-bond acceptors (Lipinski definition) is 2. The van der Waals surface area contributed by atoms with Crippen LogP contribution in [0.15, 0.2) is 22.7 Å². The molecule has 3 nitrogen and oxygen atoms in total. The number of benzene rings is 1. The van der Waals surface area contributed by atoms with Crippen LogP contribution >= 0.6 is 15.9 Å². The van der Waals surface area contributed by atoms with Crippen LogP contribution in [0.3, 0.4) is 0 Å². The van der Waals surface area contributed by atoms with Gasteiger partial charge in [-0.05, 0) is 47.0 Å². The lowest BCUT2D eigenvalue weighted by atomic mass is 10.3. The molecule has 0 unspecified atom stereocenters. The van der Waals surface area contributed by atoms with E-state index in [1.54, 1.807) is 12.1 Å². The number of rotatable bonds is 5. The van der Waals surface area contributed by atoms with Gasteiger partial charge in [-0.25, -0.2) is 4.39 Å². The second-order valence-electron chi connectivity index (χ2n) is 4.15. The minimum atomic E-state index is -0.290. The smallest absolute Gasteiger partial charge is 0.221 e. The van der Waals surface area contributed by atoms with Gasteiger partial charge in [-0.2, -0.15) is 0 Å². The number of hydrogen-bond donors (Lipinski definition) is 2. The highest BCUT2D eigenvalue weighted by Crippen LogP contribution is 2.20. The molecule has 5 heteroatoms. The molecule has 0 bridgehead atoms. The molecule has 0 aromatic heterocycles. The Bertz CT molecular complexity index is 421. The Morgan fingerprint density at radius 3 is 2.88 bits per heavy atom. The van der Waals surface area contributed by atoms with Crippen LogP contribution in [0.5, 0.6) is 0 Å². The summed E-state index contributed by atoms with van der Waals surface area (Å²) >= 11 is 3.11. The van der Waals surface area contributed by atoms with Crippen LogP contribution in [0.2, 0.25) is 0 Å². The average Bonchev–Trinajstić information content (AvgIpc) is 3.07. The first-order valence-electron chi connectivity index (χ1n) is 5.63. The molecule has 1 aromatic rings. The van der Waals surface area contributed by atoms with Gasteiger partial charge in [-0.1, -0.05) is 0 Å². The van der Waals surface area contributed by atoms with E-state index in [4.69, 9.17) is 0 Å². The van der Waals surface area contributed by atoms with Gasteiger partial charge in [-0.3, -0.25) is 4.79 Å². The fraction of sp³-hybridized carbons (Fsp3) is 0.417. The zero-order valence-corrected chi connectivity index (χ0v) is 10.9. The topological polar surface area (TPSA) is 41.1 Å². The predicted molar refractivity (Wildman–Crippen MR) is 68.4 cm³/mol. The van der Waals surface area contributed by atoms with E-state index in [1.807, 2.05) is 0 Å². The minimum Gasteiger partial charge on any atom is -0.384 e. The van der Waals surface area contributed by atoms with Crippen molar-refractivity contribution in [1.29, 1.82) is 0 Å². The quantitative estimate of drug-likeness (QED) is 0.878. The van der Waals surface area contributed by atoms with Crippen LogP contribution in [0.4, 0.5) is 10.1 Å². The van der Waals surface area contributed by atoms with Crippen LogP contribution in [0, 0.1) is 5.82 Å². The van der Waals surface area contributed by atoms with Crippen LogP contribution in [0.25, 0.3) is 0 Å². The Balaban J connectivity index is 1.73. The Kier molecular flexibility index (Phi) is 3.99. The van der Waals surface area contributed by atoms with Crippen molar-refractivity contribution in [2.24, 2.45) is 0 Å². The summed E-state index contributed by atoms with van der Waals surface area (Å²) in [7, 11) is 0. The zero-order chi connectivity index (χ0) is 12.3. The Morgan fingerprint density at radius 1 is 1.47 bits per heavy atom. The van der Waals surface area contributed by atoms with Crippen molar-refractivity contribution in [3.05, 3.63) is 28.5 Å². The maximum Gasteiger partial charge on any atom is 0.221 e. The molecule has 0 spiro atoms. The van der Waals surface area contributed by atoms with Gasteiger partial charge in [0.05, 0.1) is 4.47 Å². The number of amides is 1. The SMILES string of the molecule is O=C(CCNc1ccc(F)c(Br)c1)NC1CC1. The molecule has 0 heterocycles. The fourth-order valence-electron chi connectivity index (χ4n) is 1.45. The molecular formula is C12H14BrFN2O. The molecule has 1 aromatic carbocycles. The van der Waals surface area contributed by atoms with Crippen molar-refractivity contribution >= 4 is 27.5 Å². The van der Waals surface area contributed by atoms with E-state index in [1.165, 1.54) is 6.07 Å². The van der Waals surface area contributed by atoms with Gasteiger partial charge in [0.1, 0.15) is 5.82 Å². The van der Waals surface area contributed by atoms with E-state index < -0.39 is 0 Å². The van der Waals surface area contributed by atoms with E-state index in [-0.39, 0.29) is 11.7 Å². The van der Waals surface area contributed by atoms with Crippen LogP contribution in [0.1, 0.15) is 19.3 Å². The summed E-state index contributed by atoms with van der Waals surface area (Å²) < 4.78 is 13.4. The molecule has 2 rings (SSSR count). The molecule has 17 heavy (non-hydrogen) atoms. The first-order valence-corrected chi connectivity index (χ1v) is 6.43. The molecule has 0 saturated heterocycles. The second kappa shape index (κ2) is 5.49. The molecule has 1 aliphatic carbocycles. The van der Waals surface area contributed by atoms with Crippen LogP contribution in [-0.2, 0) is 4.79 Å². The standard InChI is InChI=1S/C12H14BrFN2O/c13-10-7-9(3-4-11(10)14)15-6-5-12(17)16-8-1-2-8/h3-4,7-8,15H,1-2,5-6H2,(H,16,17). The average molecular weight is 301 g/mol. The van der Waals surface area contributed by atoms with E-state index in [2.05, 4.69) is 26.6 Å². The summed E-state index contributed by atoms with van der Waals surface area (Å²) in [4.78, 5) is 11.4. The molecule has 1 aliphatic rings. The van der Waals surface area contributed by atoms with Crippen molar-refractivity contribution in [3.63, 3.8) is 0 Å². The van der Waals surface area contributed by atoms with Crippen LogP contribution < -0.4 is 10.6 Å². The number of carbonyl (C=O) groups excluding carboxylic acids is 1. The Labute approximate surface area is 108 Å². The molecular weight excluding hydrogens is 287 g/mol. The normalized spacial score (nSPS) is 14.5. The molecule has 1 saturated carbocycles. The monoisotopic (exact) mass is 300 g/mol. The van der Waals surface area contributed by atoms with Gasteiger partial charge in [0, 0.05) is 24.7 Å². The summed E-state index contributed by atoms with van der Waals surface area (Å²) in [6, 6.07) is 5.10. The molecule has 0 aliphatic heterocycles. The van der Waals surface area contributed by atoms with Crippen molar-refractivity contribution in [2.75, 3.05) is 11.9 Å². The molecule has 1 fully saturated rings. The van der Waals surface area contributed by atoms with Crippen molar-refractivity contribution in [3.8, 4) is 0 Å². The summed E-state index contributed by atoms with van der Waals surface area (Å²) in [6.45, 7) is 0.552. The molecule has 2 N–H and O–H groups in total. The largest absolute Gasteiger partial charge is 0.384 e. The van der Waals surface area contributed by atoms with E-state index in [0.29, 0.717) is 23.5 Å². The van der Waals surface area contributed by atoms with Crippen molar-refractivity contribution in [2.45, 2.75) is 25.3 Å². The van der Waals surface area contributed by atoms with E-state index >= 15 is 0 Å². The van der Waals surface area contributed by atoms with Crippen LogP contribution in [-0.4, -0.2) is 18.5 Å². The third-order valence-corrected chi connectivity index (χ3v) is 3.15. The van der Waals surface area contributed by atoms with Gasteiger partial charge >= 0.3 is 0 Å². The number of anilines is 1. The van der Waals surface area contributed by atoms with E-state index in [9.17, 15) is 9.18 Å². The molecule has 1 amide bonds. The summed E-state index contributed by atoms with van der Waals surface area (Å²) in [5.41, 5.74) is 0.803. The molecule has 0 atom stereocenters. The Morgan fingerprint density at radius 2 is 2.24 bits per heavy atom. The first-order chi connectivity index (χ1) is 8.15. The summed E-state index contributed by atoms with van der Waals surface area (Å²) in [5, 5.41) is 5.99. The second-order valence-corrected chi connectivity index (χ2v) is 5.00. The maximum absolute atomic E-state index is 13.0. The van der Waals surface area contributed by atoms with Gasteiger partial charge < -0.3 is 10.6 Å². The summed E-state index contributed by atoms with van der Waals surface area (Å²) in [6.07, 6.45) is 2.64. The molecule has 0 radical (unpaired) electrons. The zero-order valence-electron chi connectivity index (χ0n) is 9.30. The molecule has 92 valence electrons. The third-order valence-electron chi connectivity index (χ3n) is 2.54. The van der Waals surface area contributed by atoms with Gasteiger partial charge in [0.25, 0.3) is 0 Å². The Hall–Kier alpha value is -1.10. The number of carbonyl (C=O) groups is 1. The predicted octanol–water partition coefficient (Wildman–Crippen LogP) is 2.67. The van der Waals surface area contributed by atoms with Crippen molar-refractivity contribution in [1.82, 2.24) is 5.32 Å². The van der Waals surface area contributed by atoms with E-state index in [0.717, 1.165) is 18.5 Å². The van der Waals surface area contributed by atoms with Gasteiger partial charge in [-0.15, -0.1) is 0 Å². The lowest BCUT2D eigenvalue weighted by Crippen LogP contribution is -2.27. The van der Waals surface area contributed by atoms with Gasteiger partial charge in [0.15, 0.2) is 0 Å². The third kappa shape index (κ3) is 4.00. The lowest BCUT2D eigenvalue weighted by molar-refractivity contribution is -0.120. The van der Waals surface area contributed by atoms with Gasteiger partial charge in [0.2, 0.25) is 5.91 Å². The fourth-order valence-corrected chi connectivity index (χ4v) is 1.83. The summed E-state index contributed by atoms with van der Waals surface area (Å²) in [5.74, 6) is -0.219. The maximum atomic E-state index is 13.0. The first kappa shape index (κ1) is 12.4. The number of nitrogens with one attached hydrogen (secondary N) is 2. The van der Waals surface area contributed by atoms with Crippen molar-refractivity contribution < 1.29 is 9.18 Å².